The average Bonchev–Trinajstić information content (AvgIpc) is 3.24. The molecule has 1 aliphatic heterocycles. The van der Waals surface area contributed by atoms with Crippen LogP contribution in [-0.2, 0) is 6.42 Å². The van der Waals surface area contributed by atoms with E-state index in [0.29, 0.717) is 28.2 Å². The first-order valence-electron chi connectivity index (χ1n) is 11.0. The number of benzene rings is 1. The summed E-state index contributed by atoms with van der Waals surface area (Å²) in [5.41, 5.74) is 3.28. The van der Waals surface area contributed by atoms with Crippen LogP contribution < -0.4 is 0 Å². The van der Waals surface area contributed by atoms with Gasteiger partial charge in [0.25, 0.3) is 0 Å². The quantitative estimate of drug-likeness (QED) is 0.504. The van der Waals surface area contributed by atoms with E-state index in [1.54, 1.807) is 29.1 Å². The number of hydrogen-bond donors (Lipinski definition) is 0. The van der Waals surface area contributed by atoms with Crippen LogP contribution >= 0.6 is 0 Å². The van der Waals surface area contributed by atoms with E-state index in [2.05, 4.69) is 15.1 Å². The number of hydrogen-bond acceptors (Lipinski definition) is 5. The molecular weight excluding hydrogens is 443 g/mol. The number of aromatic nitrogens is 3. The molecule has 0 radical (unpaired) electrons. The summed E-state index contributed by atoms with van der Waals surface area (Å²) in [7, 11) is 0. The van der Waals surface area contributed by atoms with Gasteiger partial charge in [-0.25, -0.2) is 27.8 Å². The Morgan fingerprint density at radius 1 is 1.12 bits per heavy atom. The zero-order chi connectivity index (χ0) is 23.9. The number of carbonyl (C=O) groups excluding carboxylic acids is 1. The van der Waals surface area contributed by atoms with Crippen LogP contribution in [0.2, 0.25) is 0 Å². The molecule has 0 unspecified atom stereocenters. The second-order valence-electron chi connectivity index (χ2n) is 8.71. The summed E-state index contributed by atoms with van der Waals surface area (Å²) in [5.74, 6) is -2.84. The minimum Gasteiger partial charge on any atom is -0.294 e. The highest BCUT2D eigenvalue weighted by Crippen LogP contribution is 2.41. The van der Waals surface area contributed by atoms with E-state index < -0.39 is 11.7 Å². The normalized spacial score (nSPS) is 17.7. The largest absolute Gasteiger partial charge is 0.294 e. The fourth-order valence-electron chi connectivity index (χ4n) is 4.60. The van der Waals surface area contributed by atoms with Crippen molar-refractivity contribution in [1.82, 2.24) is 14.8 Å². The van der Waals surface area contributed by atoms with Crippen LogP contribution in [0, 0.1) is 17.1 Å². The molecular formula is C25H20F3N5O. The number of rotatable bonds is 4. The molecule has 172 valence electrons. The summed E-state index contributed by atoms with van der Waals surface area (Å²) in [4.78, 5) is 21.6. The van der Waals surface area contributed by atoms with Gasteiger partial charge in [0.2, 0.25) is 5.92 Å². The highest BCUT2D eigenvalue weighted by Gasteiger charge is 2.37. The van der Waals surface area contributed by atoms with Gasteiger partial charge in [-0.05, 0) is 48.2 Å². The molecule has 2 aromatic heterocycles. The molecule has 9 heteroatoms. The fourth-order valence-corrected chi connectivity index (χ4v) is 4.60. The van der Waals surface area contributed by atoms with E-state index in [0.717, 1.165) is 5.56 Å². The molecule has 0 saturated heterocycles. The molecule has 1 fully saturated rings. The van der Waals surface area contributed by atoms with Gasteiger partial charge in [0.05, 0.1) is 24.2 Å². The number of alkyl halides is 2. The lowest BCUT2D eigenvalue weighted by molar-refractivity contribution is -0.0448. The van der Waals surface area contributed by atoms with Gasteiger partial charge in [-0.3, -0.25) is 4.79 Å². The number of halogens is 3. The Hall–Kier alpha value is -3.80. The molecule has 0 N–H and O–H groups in total. The van der Waals surface area contributed by atoms with Crippen molar-refractivity contribution in [3.8, 4) is 17.2 Å². The number of Topliss-reactive ketones (excluding diaryl/α,β-unsaturated/α-hetero) is 1. The van der Waals surface area contributed by atoms with E-state index in [4.69, 9.17) is 5.26 Å². The predicted molar refractivity (Wildman–Crippen MR) is 119 cm³/mol. The molecule has 1 aromatic carbocycles. The molecule has 2 aliphatic rings. The van der Waals surface area contributed by atoms with Gasteiger partial charge in [-0.2, -0.15) is 10.4 Å². The molecule has 0 amide bonds. The molecule has 1 aliphatic carbocycles. The van der Waals surface area contributed by atoms with Crippen LogP contribution in [0.25, 0.3) is 11.1 Å². The molecule has 0 atom stereocenters. The summed E-state index contributed by atoms with van der Waals surface area (Å²) in [6.45, 7) is 0. The predicted octanol–water partition coefficient (Wildman–Crippen LogP) is 5.61. The lowest BCUT2D eigenvalue weighted by Gasteiger charge is -2.29. The van der Waals surface area contributed by atoms with Gasteiger partial charge >= 0.3 is 0 Å². The minimum atomic E-state index is -2.66. The monoisotopic (exact) mass is 463 g/mol. The smallest absolute Gasteiger partial charge is 0.248 e. The third-order valence-corrected chi connectivity index (χ3v) is 6.38. The first kappa shape index (κ1) is 22.0. The van der Waals surface area contributed by atoms with E-state index in [-0.39, 0.29) is 56.0 Å². The summed E-state index contributed by atoms with van der Waals surface area (Å²) in [5, 5.41) is 13.3. The second kappa shape index (κ2) is 8.52. The van der Waals surface area contributed by atoms with E-state index in [9.17, 15) is 18.0 Å². The van der Waals surface area contributed by atoms with Crippen molar-refractivity contribution in [3.63, 3.8) is 0 Å². The fraction of sp³-hybridized carbons (Fsp3) is 0.320. The Morgan fingerprint density at radius 3 is 2.62 bits per heavy atom. The first-order chi connectivity index (χ1) is 16.3. The third-order valence-electron chi connectivity index (χ3n) is 6.38. The molecule has 5 rings (SSSR count). The molecule has 0 bridgehead atoms. The van der Waals surface area contributed by atoms with Crippen LogP contribution in [-0.4, -0.2) is 32.2 Å². The van der Waals surface area contributed by atoms with Crippen molar-refractivity contribution in [2.75, 3.05) is 0 Å². The maximum atomic E-state index is 14.1. The summed E-state index contributed by atoms with van der Waals surface area (Å²) >= 11 is 0. The number of nitriles is 1. The van der Waals surface area contributed by atoms with Crippen LogP contribution in [0.3, 0.4) is 0 Å². The van der Waals surface area contributed by atoms with Crippen LogP contribution in [0.1, 0.15) is 59.8 Å². The lowest BCUT2D eigenvalue weighted by Crippen LogP contribution is -2.27. The van der Waals surface area contributed by atoms with E-state index >= 15 is 0 Å². The number of pyridine rings is 1. The van der Waals surface area contributed by atoms with E-state index in [1.165, 1.54) is 18.3 Å². The standard InChI is InChI=1S/C25H20F3N5O/c26-17-2-4-21(15-1-3-18(12-29)30-13-15)16(9-17)10-19-11-23(34)22-14-31-33(24(22)32-19)20-5-7-25(27,28)8-6-20/h1-4,9,13-14,20H,5-8,10-11H2. The molecule has 3 aromatic rings. The Labute approximate surface area is 193 Å². The lowest BCUT2D eigenvalue weighted by atomic mass is 9.92. The van der Waals surface area contributed by atoms with E-state index in [1.807, 2.05) is 6.07 Å². The number of ketones is 1. The number of nitrogens with zero attached hydrogens (tertiary/aromatic N) is 5. The van der Waals surface area contributed by atoms with Crippen molar-refractivity contribution in [1.29, 1.82) is 5.26 Å². The second-order valence-corrected chi connectivity index (χ2v) is 8.71. The maximum Gasteiger partial charge on any atom is 0.248 e. The minimum absolute atomic E-state index is 0.0724. The number of carbonyl (C=O) groups is 1. The van der Waals surface area contributed by atoms with Crippen LogP contribution in [0.15, 0.2) is 47.7 Å². The van der Waals surface area contributed by atoms with Gasteiger partial charge in [0.15, 0.2) is 11.6 Å². The van der Waals surface area contributed by atoms with Crippen LogP contribution in [0.4, 0.5) is 19.0 Å². The molecule has 1 saturated carbocycles. The van der Waals surface area contributed by atoms with Crippen LogP contribution in [0.5, 0.6) is 0 Å². The zero-order valence-electron chi connectivity index (χ0n) is 18.1. The maximum absolute atomic E-state index is 14.1. The van der Waals surface area contributed by atoms with Crippen molar-refractivity contribution in [3.05, 3.63) is 65.4 Å². The van der Waals surface area contributed by atoms with Crippen molar-refractivity contribution < 1.29 is 18.0 Å². The van der Waals surface area contributed by atoms with Gasteiger partial charge in [0, 0.05) is 36.7 Å². The third kappa shape index (κ3) is 4.23. The molecule has 6 nitrogen and oxygen atoms in total. The summed E-state index contributed by atoms with van der Waals surface area (Å²) < 4.78 is 43.0. The zero-order valence-corrected chi connectivity index (χ0v) is 18.1. The first-order valence-corrected chi connectivity index (χ1v) is 11.0. The number of fused-ring (bicyclic) bond motifs is 1. The Bertz CT molecular complexity index is 1330. The summed E-state index contributed by atoms with van der Waals surface area (Å²) in [6, 6.07) is 9.43. The molecule has 0 spiro atoms. The Balaban J connectivity index is 1.47. The Morgan fingerprint density at radius 2 is 1.91 bits per heavy atom. The van der Waals surface area contributed by atoms with Gasteiger partial charge in [0.1, 0.15) is 17.6 Å². The van der Waals surface area contributed by atoms with Crippen molar-refractivity contribution in [2.24, 2.45) is 4.99 Å². The number of aliphatic imine (C=N–C) groups is 1. The highest BCUT2D eigenvalue weighted by molar-refractivity contribution is 6.15. The highest BCUT2D eigenvalue weighted by atomic mass is 19.3. The SMILES string of the molecule is N#Cc1ccc(-c2ccc(F)cc2CC2=Nc3c(cnn3C3CCC(F)(F)CC3)C(=O)C2)cn1. The van der Waals surface area contributed by atoms with Gasteiger partial charge in [-0.1, -0.05) is 6.07 Å². The molecule has 34 heavy (non-hydrogen) atoms. The van der Waals surface area contributed by atoms with Gasteiger partial charge < -0.3 is 0 Å². The summed E-state index contributed by atoms with van der Waals surface area (Å²) in [6.07, 6.45) is 3.40. The van der Waals surface area contributed by atoms with Gasteiger partial charge in [-0.15, -0.1) is 0 Å². The molecule has 3 heterocycles. The van der Waals surface area contributed by atoms with Crippen molar-refractivity contribution in [2.45, 2.75) is 50.5 Å². The topological polar surface area (TPSA) is 83.9 Å². The van der Waals surface area contributed by atoms with Crippen molar-refractivity contribution >= 4 is 17.3 Å². The Kier molecular flexibility index (Phi) is 5.52. The average molecular weight is 463 g/mol.